The number of fused-ring (bicyclic) bond motifs is 1. The largest absolute Gasteiger partial charge is 0.368 e. The first-order chi connectivity index (χ1) is 11.7. The number of hydrogen-bond donors (Lipinski definition) is 2. The van der Waals surface area contributed by atoms with Crippen LogP contribution in [-0.2, 0) is 9.53 Å². The first-order valence-corrected chi connectivity index (χ1v) is 9.27. The van der Waals surface area contributed by atoms with E-state index in [1.165, 1.54) is 10.9 Å². The van der Waals surface area contributed by atoms with E-state index in [2.05, 4.69) is 16.5 Å². The Bertz CT molecular complexity index is 736. The van der Waals surface area contributed by atoms with Gasteiger partial charge in [0.25, 0.3) is 0 Å². The predicted molar refractivity (Wildman–Crippen MR) is 95.4 cm³/mol. The molecule has 3 atom stereocenters. The smallest absolute Gasteiger partial charge is 0.249 e. The molecule has 0 bridgehead atoms. The molecule has 24 heavy (non-hydrogen) atoms. The van der Waals surface area contributed by atoms with Crippen molar-refractivity contribution in [1.82, 2.24) is 10.3 Å². The van der Waals surface area contributed by atoms with Gasteiger partial charge in [-0.2, -0.15) is 0 Å². The Morgan fingerprint density at radius 3 is 3.00 bits per heavy atom. The summed E-state index contributed by atoms with van der Waals surface area (Å²) in [6.45, 7) is 0.710. The van der Waals surface area contributed by atoms with E-state index >= 15 is 0 Å². The lowest BCUT2D eigenvalue weighted by atomic mass is 9.81. The molecule has 5 heteroatoms. The first-order valence-electron chi connectivity index (χ1n) is 8.89. The summed E-state index contributed by atoms with van der Waals surface area (Å²) in [5.41, 5.74) is 2.45. The van der Waals surface area contributed by atoms with Crippen LogP contribution in [0.3, 0.4) is 0 Å². The van der Waals surface area contributed by atoms with Gasteiger partial charge in [-0.05, 0) is 61.8 Å². The van der Waals surface area contributed by atoms with Crippen molar-refractivity contribution in [3.63, 3.8) is 0 Å². The van der Waals surface area contributed by atoms with E-state index in [9.17, 15) is 4.79 Å². The van der Waals surface area contributed by atoms with Crippen LogP contribution in [0.5, 0.6) is 0 Å². The highest BCUT2D eigenvalue weighted by molar-refractivity contribution is 6.31. The number of halogens is 1. The van der Waals surface area contributed by atoms with Gasteiger partial charge in [0, 0.05) is 34.8 Å². The topological polar surface area (TPSA) is 54.1 Å². The van der Waals surface area contributed by atoms with Gasteiger partial charge in [0.15, 0.2) is 0 Å². The lowest BCUT2D eigenvalue weighted by Crippen LogP contribution is -2.43. The molecule has 0 radical (unpaired) electrons. The minimum absolute atomic E-state index is 0.0696. The summed E-state index contributed by atoms with van der Waals surface area (Å²) in [5, 5.41) is 5.19. The molecule has 1 aliphatic carbocycles. The second-order valence-electron chi connectivity index (χ2n) is 7.00. The van der Waals surface area contributed by atoms with Crippen molar-refractivity contribution < 1.29 is 9.53 Å². The van der Waals surface area contributed by atoms with Crippen LogP contribution in [-0.4, -0.2) is 29.6 Å². The zero-order chi connectivity index (χ0) is 16.5. The van der Waals surface area contributed by atoms with Gasteiger partial charge in [0.1, 0.15) is 6.10 Å². The number of carbonyl (C=O) groups is 1. The predicted octanol–water partition coefficient (Wildman–Crippen LogP) is 4.14. The highest BCUT2D eigenvalue weighted by Gasteiger charge is 2.29. The molecule has 0 unspecified atom stereocenters. The zero-order valence-corrected chi connectivity index (χ0v) is 14.4. The zero-order valence-electron chi connectivity index (χ0n) is 13.7. The highest BCUT2D eigenvalue weighted by atomic mass is 35.5. The summed E-state index contributed by atoms with van der Waals surface area (Å²) in [6.07, 6.45) is 8.04. The maximum absolute atomic E-state index is 12.3. The van der Waals surface area contributed by atoms with Crippen molar-refractivity contribution in [1.29, 1.82) is 0 Å². The molecule has 4 rings (SSSR count). The molecule has 2 fully saturated rings. The fourth-order valence-electron chi connectivity index (χ4n) is 4.13. The van der Waals surface area contributed by atoms with Crippen molar-refractivity contribution in [2.45, 2.75) is 56.6 Å². The Hall–Kier alpha value is -1.52. The van der Waals surface area contributed by atoms with Gasteiger partial charge in [-0.25, -0.2) is 0 Å². The van der Waals surface area contributed by atoms with Crippen LogP contribution in [0, 0.1) is 0 Å². The lowest BCUT2D eigenvalue weighted by Gasteiger charge is -2.30. The van der Waals surface area contributed by atoms with Crippen LogP contribution in [0.25, 0.3) is 10.9 Å². The average molecular weight is 347 g/mol. The maximum Gasteiger partial charge on any atom is 0.249 e. The number of H-pyrrole nitrogens is 1. The molecule has 4 nitrogen and oxygen atoms in total. The molecule has 2 aromatic rings. The third kappa shape index (κ3) is 3.17. The van der Waals surface area contributed by atoms with Gasteiger partial charge in [-0.3, -0.25) is 4.79 Å². The Balaban J connectivity index is 1.47. The monoisotopic (exact) mass is 346 g/mol. The SMILES string of the molecule is O=C(N[C@H]1CCC[C@@H](c2c[nH]c3ccc(Cl)cc23)C1)[C@H]1CCCO1. The van der Waals surface area contributed by atoms with E-state index in [0.29, 0.717) is 12.5 Å². The van der Waals surface area contributed by atoms with Crippen LogP contribution in [0.1, 0.15) is 50.0 Å². The lowest BCUT2D eigenvalue weighted by molar-refractivity contribution is -0.131. The molecular formula is C19H23ClN2O2. The minimum Gasteiger partial charge on any atom is -0.368 e. The number of hydrogen-bond acceptors (Lipinski definition) is 2. The molecule has 1 amide bonds. The van der Waals surface area contributed by atoms with Crippen LogP contribution in [0.15, 0.2) is 24.4 Å². The minimum atomic E-state index is -0.239. The van der Waals surface area contributed by atoms with Gasteiger partial charge < -0.3 is 15.0 Å². The second kappa shape index (κ2) is 6.77. The molecular weight excluding hydrogens is 324 g/mol. The van der Waals surface area contributed by atoms with Gasteiger partial charge in [-0.1, -0.05) is 18.0 Å². The Kier molecular flexibility index (Phi) is 4.51. The van der Waals surface area contributed by atoms with E-state index in [-0.39, 0.29) is 18.1 Å². The third-order valence-corrected chi connectivity index (χ3v) is 5.59. The van der Waals surface area contributed by atoms with Crippen LogP contribution in [0.2, 0.25) is 5.02 Å². The van der Waals surface area contributed by atoms with Gasteiger partial charge in [-0.15, -0.1) is 0 Å². The molecule has 1 aromatic heterocycles. The quantitative estimate of drug-likeness (QED) is 0.877. The summed E-state index contributed by atoms with van der Waals surface area (Å²) in [7, 11) is 0. The number of carbonyl (C=O) groups excluding carboxylic acids is 1. The molecule has 1 saturated carbocycles. The Morgan fingerprint density at radius 2 is 2.17 bits per heavy atom. The van der Waals surface area contributed by atoms with E-state index in [0.717, 1.165) is 49.1 Å². The number of rotatable bonds is 3. The second-order valence-corrected chi connectivity index (χ2v) is 7.44. The number of benzene rings is 1. The number of aromatic amines is 1. The molecule has 2 N–H and O–H groups in total. The van der Waals surface area contributed by atoms with E-state index in [1.54, 1.807) is 0 Å². The van der Waals surface area contributed by atoms with Crippen molar-refractivity contribution in [3.05, 3.63) is 35.0 Å². The third-order valence-electron chi connectivity index (χ3n) is 5.36. The average Bonchev–Trinajstić information content (AvgIpc) is 3.24. The van der Waals surface area contributed by atoms with Crippen molar-refractivity contribution in [2.75, 3.05) is 6.61 Å². The van der Waals surface area contributed by atoms with E-state index < -0.39 is 0 Å². The van der Waals surface area contributed by atoms with E-state index in [4.69, 9.17) is 16.3 Å². The molecule has 0 spiro atoms. The Labute approximate surface area is 146 Å². The van der Waals surface area contributed by atoms with Crippen molar-refractivity contribution in [2.24, 2.45) is 0 Å². The summed E-state index contributed by atoms with van der Waals surface area (Å²) in [5.74, 6) is 0.529. The molecule has 128 valence electrons. The number of ether oxygens (including phenoxy) is 1. The van der Waals surface area contributed by atoms with Gasteiger partial charge in [0.2, 0.25) is 5.91 Å². The van der Waals surface area contributed by atoms with Crippen LogP contribution >= 0.6 is 11.6 Å². The normalized spacial score (nSPS) is 27.5. The summed E-state index contributed by atoms with van der Waals surface area (Å²) >= 11 is 6.17. The fourth-order valence-corrected chi connectivity index (χ4v) is 4.31. The maximum atomic E-state index is 12.3. The number of nitrogens with one attached hydrogen (secondary N) is 2. The van der Waals surface area contributed by atoms with E-state index in [1.807, 2.05) is 18.2 Å². The fraction of sp³-hybridized carbons (Fsp3) is 0.526. The first kappa shape index (κ1) is 16.0. The Morgan fingerprint density at radius 1 is 1.25 bits per heavy atom. The number of aromatic nitrogens is 1. The van der Waals surface area contributed by atoms with Crippen molar-refractivity contribution in [3.8, 4) is 0 Å². The standard InChI is InChI=1S/C19H23ClN2O2/c20-13-6-7-17-15(10-13)16(11-21-17)12-3-1-4-14(9-12)22-19(23)18-5-2-8-24-18/h6-7,10-12,14,18,21H,1-5,8-9H2,(H,22,23)/t12-,14+,18-/m1/s1. The molecule has 2 aliphatic rings. The summed E-state index contributed by atoms with van der Waals surface area (Å²) in [6, 6.07) is 6.22. The molecule has 1 saturated heterocycles. The molecule has 1 aliphatic heterocycles. The molecule has 1 aromatic carbocycles. The van der Waals surface area contributed by atoms with Crippen LogP contribution < -0.4 is 5.32 Å². The summed E-state index contributed by atoms with van der Waals surface area (Å²) in [4.78, 5) is 15.7. The van der Waals surface area contributed by atoms with Gasteiger partial charge >= 0.3 is 0 Å². The summed E-state index contributed by atoms with van der Waals surface area (Å²) < 4.78 is 5.49. The van der Waals surface area contributed by atoms with Crippen LogP contribution in [0.4, 0.5) is 0 Å². The van der Waals surface area contributed by atoms with Crippen molar-refractivity contribution >= 4 is 28.4 Å². The highest BCUT2D eigenvalue weighted by Crippen LogP contribution is 2.37. The molecule has 2 heterocycles. The van der Waals surface area contributed by atoms with Gasteiger partial charge in [0.05, 0.1) is 0 Å². The number of amides is 1.